The number of nitrogens with zero attached hydrogens (tertiary/aromatic N) is 1. The third-order valence-electron chi connectivity index (χ3n) is 1.99. The SMILES string of the molecule is CNCCN(C(C)=O)C1CC1. The summed E-state index contributed by atoms with van der Waals surface area (Å²) in [5.41, 5.74) is 0. The van der Waals surface area contributed by atoms with Gasteiger partial charge in [0.05, 0.1) is 0 Å². The summed E-state index contributed by atoms with van der Waals surface area (Å²) in [4.78, 5) is 13.0. The van der Waals surface area contributed by atoms with E-state index in [-0.39, 0.29) is 5.91 Å². The van der Waals surface area contributed by atoms with Crippen molar-refractivity contribution in [1.82, 2.24) is 10.2 Å². The molecule has 0 aromatic rings. The molecule has 1 fully saturated rings. The molecule has 1 saturated carbocycles. The summed E-state index contributed by atoms with van der Waals surface area (Å²) in [6.07, 6.45) is 2.40. The molecule has 0 aromatic carbocycles. The van der Waals surface area contributed by atoms with Crippen LogP contribution in [0.5, 0.6) is 0 Å². The number of hydrogen-bond acceptors (Lipinski definition) is 2. The summed E-state index contributed by atoms with van der Waals surface area (Å²) >= 11 is 0. The minimum atomic E-state index is 0.211. The first-order valence-electron chi connectivity index (χ1n) is 4.17. The number of rotatable bonds is 4. The Morgan fingerprint density at radius 3 is 2.64 bits per heavy atom. The first-order valence-corrected chi connectivity index (χ1v) is 4.17. The van der Waals surface area contributed by atoms with Gasteiger partial charge < -0.3 is 10.2 Å². The molecule has 64 valence electrons. The van der Waals surface area contributed by atoms with Gasteiger partial charge in [-0.25, -0.2) is 0 Å². The van der Waals surface area contributed by atoms with Gasteiger partial charge in [0.15, 0.2) is 0 Å². The molecule has 1 aliphatic rings. The minimum absolute atomic E-state index is 0.211. The van der Waals surface area contributed by atoms with E-state index in [1.807, 2.05) is 11.9 Å². The summed E-state index contributed by atoms with van der Waals surface area (Å²) in [5.74, 6) is 0.211. The van der Waals surface area contributed by atoms with Gasteiger partial charge in [-0.2, -0.15) is 0 Å². The average Bonchev–Trinajstić information content (AvgIpc) is 2.71. The van der Waals surface area contributed by atoms with Gasteiger partial charge in [0, 0.05) is 26.1 Å². The van der Waals surface area contributed by atoms with Crippen LogP contribution in [-0.4, -0.2) is 37.0 Å². The molecule has 0 saturated heterocycles. The van der Waals surface area contributed by atoms with Crippen molar-refractivity contribution in [2.24, 2.45) is 0 Å². The molecule has 1 N–H and O–H groups in total. The lowest BCUT2D eigenvalue weighted by Gasteiger charge is -2.19. The van der Waals surface area contributed by atoms with Gasteiger partial charge in [0.2, 0.25) is 5.91 Å². The van der Waals surface area contributed by atoms with Gasteiger partial charge in [0.1, 0.15) is 0 Å². The molecular formula is C8H16N2O. The van der Waals surface area contributed by atoms with Crippen molar-refractivity contribution in [1.29, 1.82) is 0 Å². The summed E-state index contributed by atoms with van der Waals surface area (Å²) in [6.45, 7) is 3.40. The molecule has 1 rings (SSSR count). The summed E-state index contributed by atoms with van der Waals surface area (Å²) in [6, 6.07) is 0.556. The van der Waals surface area contributed by atoms with Crippen LogP contribution in [0.2, 0.25) is 0 Å². The van der Waals surface area contributed by atoms with Crippen LogP contribution in [0.1, 0.15) is 19.8 Å². The zero-order chi connectivity index (χ0) is 8.27. The van der Waals surface area contributed by atoms with Gasteiger partial charge in [-0.1, -0.05) is 0 Å². The molecule has 11 heavy (non-hydrogen) atoms. The Morgan fingerprint density at radius 1 is 1.64 bits per heavy atom. The molecule has 3 nitrogen and oxygen atoms in total. The normalized spacial score (nSPS) is 16.5. The number of carbonyl (C=O) groups excluding carboxylic acids is 1. The van der Waals surface area contributed by atoms with Gasteiger partial charge >= 0.3 is 0 Å². The number of amides is 1. The first kappa shape index (κ1) is 8.53. The third kappa shape index (κ3) is 2.50. The maximum Gasteiger partial charge on any atom is 0.219 e. The Hall–Kier alpha value is -0.570. The highest BCUT2D eigenvalue weighted by Crippen LogP contribution is 2.26. The second-order valence-electron chi connectivity index (χ2n) is 3.05. The fourth-order valence-electron chi connectivity index (χ4n) is 1.22. The molecule has 0 heterocycles. The second-order valence-corrected chi connectivity index (χ2v) is 3.05. The van der Waals surface area contributed by atoms with Gasteiger partial charge in [-0.05, 0) is 19.9 Å². The highest BCUT2D eigenvalue weighted by atomic mass is 16.2. The quantitative estimate of drug-likeness (QED) is 0.631. The first-order chi connectivity index (χ1) is 5.25. The Kier molecular flexibility index (Phi) is 2.88. The maximum absolute atomic E-state index is 11.0. The van der Waals surface area contributed by atoms with Gasteiger partial charge in [-0.3, -0.25) is 4.79 Å². The maximum atomic E-state index is 11.0. The average molecular weight is 156 g/mol. The molecule has 0 aromatic heterocycles. The van der Waals surface area contributed by atoms with Crippen LogP contribution in [0.4, 0.5) is 0 Å². The number of likely N-dealkylation sites (N-methyl/N-ethyl adjacent to an activating group) is 1. The van der Waals surface area contributed by atoms with Crippen LogP contribution in [-0.2, 0) is 4.79 Å². The largest absolute Gasteiger partial charge is 0.339 e. The molecule has 1 amide bonds. The van der Waals surface area contributed by atoms with Crippen molar-refractivity contribution in [3.8, 4) is 0 Å². The predicted molar refractivity (Wildman–Crippen MR) is 44.3 cm³/mol. The van der Waals surface area contributed by atoms with E-state index in [1.54, 1.807) is 6.92 Å². The number of nitrogens with one attached hydrogen (secondary N) is 1. The van der Waals surface area contributed by atoms with Crippen molar-refractivity contribution in [2.75, 3.05) is 20.1 Å². The van der Waals surface area contributed by atoms with E-state index in [2.05, 4.69) is 5.32 Å². The van der Waals surface area contributed by atoms with E-state index >= 15 is 0 Å². The van der Waals surface area contributed by atoms with Crippen LogP contribution < -0.4 is 5.32 Å². The summed E-state index contributed by atoms with van der Waals surface area (Å²) in [5, 5.41) is 3.04. The third-order valence-corrected chi connectivity index (χ3v) is 1.99. The van der Waals surface area contributed by atoms with Crippen LogP contribution in [0.3, 0.4) is 0 Å². The number of hydrogen-bond donors (Lipinski definition) is 1. The van der Waals surface area contributed by atoms with Crippen LogP contribution in [0.15, 0.2) is 0 Å². The Morgan fingerprint density at radius 2 is 2.27 bits per heavy atom. The minimum Gasteiger partial charge on any atom is -0.339 e. The van der Waals surface area contributed by atoms with Crippen molar-refractivity contribution < 1.29 is 4.79 Å². The van der Waals surface area contributed by atoms with Crippen molar-refractivity contribution in [3.05, 3.63) is 0 Å². The summed E-state index contributed by atoms with van der Waals surface area (Å²) in [7, 11) is 1.91. The molecule has 0 atom stereocenters. The lowest BCUT2D eigenvalue weighted by atomic mass is 10.4. The van der Waals surface area contributed by atoms with E-state index in [4.69, 9.17) is 0 Å². The van der Waals surface area contributed by atoms with Gasteiger partial charge in [-0.15, -0.1) is 0 Å². The van der Waals surface area contributed by atoms with Gasteiger partial charge in [0.25, 0.3) is 0 Å². The fourth-order valence-corrected chi connectivity index (χ4v) is 1.22. The molecule has 0 radical (unpaired) electrons. The highest BCUT2D eigenvalue weighted by molar-refractivity contribution is 5.73. The summed E-state index contributed by atoms with van der Waals surface area (Å²) < 4.78 is 0. The molecular weight excluding hydrogens is 140 g/mol. The molecule has 0 spiro atoms. The van der Waals surface area contributed by atoms with E-state index in [0.717, 1.165) is 13.1 Å². The van der Waals surface area contributed by atoms with Crippen LogP contribution >= 0.6 is 0 Å². The predicted octanol–water partition coefficient (Wildman–Crippen LogP) is 0.217. The molecule has 0 aliphatic heterocycles. The van der Waals surface area contributed by atoms with Crippen molar-refractivity contribution in [2.45, 2.75) is 25.8 Å². The zero-order valence-electron chi connectivity index (χ0n) is 7.26. The zero-order valence-corrected chi connectivity index (χ0v) is 7.26. The monoisotopic (exact) mass is 156 g/mol. The molecule has 0 bridgehead atoms. The standard InChI is InChI=1S/C8H16N2O/c1-7(11)10(6-5-9-2)8-3-4-8/h8-9H,3-6H2,1-2H3. The Bertz CT molecular complexity index is 143. The van der Waals surface area contributed by atoms with E-state index in [0.29, 0.717) is 6.04 Å². The van der Waals surface area contributed by atoms with E-state index < -0.39 is 0 Å². The fraction of sp³-hybridized carbons (Fsp3) is 0.875. The molecule has 1 aliphatic carbocycles. The second kappa shape index (κ2) is 3.72. The molecule has 3 heteroatoms. The van der Waals surface area contributed by atoms with E-state index in [9.17, 15) is 4.79 Å². The highest BCUT2D eigenvalue weighted by Gasteiger charge is 2.29. The Labute approximate surface area is 67.8 Å². The lowest BCUT2D eigenvalue weighted by molar-refractivity contribution is -0.129. The molecule has 0 unspecified atom stereocenters. The topological polar surface area (TPSA) is 32.3 Å². The van der Waals surface area contributed by atoms with Crippen LogP contribution in [0, 0.1) is 0 Å². The van der Waals surface area contributed by atoms with E-state index in [1.165, 1.54) is 12.8 Å². The van der Waals surface area contributed by atoms with Crippen molar-refractivity contribution >= 4 is 5.91 Å². The lowest BCUT2D eigenvalue weighted by Crippen LogP contribution is -2.36. The Balaban J connectivity index is 2.26. The smallest absolute Gasteiger partial charge is 0.219 e. The van der Waals surface area contributed by atoms with Crippen molar-refractivity contribution in [3.63, 3.8) is 0 Å². The van der Waals surface area contributed by atoms with Crippen LogP contribution in [0.25, 0.3) is 0 Å². The number of carbonyl (C=O) groups is 1.